The second kappa shape index (κ2) is 53.0. The van der Waals surface area contributed by atoms with Crippen LogP contribution in [0.25, 0.3) is 0 Å². The van der Waals surface area contributed by atoms with Crippen LogP contribution in [0.2, 0.25) is 0 Å². The molecule has 10 saturated heterocycles. The van der Waals surface area contributed by atoms with Crippen LogP contribution < -0.4 is 53.2 Å². The minimum Gasteiger partial charge on any atom is -0.380 e. The van der Waals surface area contributed by atoms with Crippen molar-refractivity contribution in [3.63, 3.8) is 0 Å². The topological polar surface area (TPSA) is 149 Å². The number of hydrogen-bond acceptors (Lipinski definition) is 21. The molecule has 11 N–H and O–H groups in total. The standard InChI is InChI=1S/C13H15NS.C13H17NS.C10H15N3S.C10H17NS.C10H19NS.C9H17NS.2C8H15NS.2C7H13NS/c1-8(2)13-14-12-10-6-4-3-5-9(10)7-11(12)15-13;1-10(2)13-14-12(8-9-15-13)11-6-4-3-5-7-11;1-7(2)10-13-9(5-14-10)3-8-4-11-6-12-8;1-8(2)9-11-10(7-12-9)5-3-4-6-10;1-7(2)5-9-6-12-10(11-9)8(3)4;1-4-5-8-6-11-9(10-8)7(2)3;1-6(2)7-9-8(3,4)5-10-7;1-4-7-5-10-8(9-7)6(2)3;1-5(2)7-8-6(3)4-9-7;1-6(2)7-8-4-3-5-9-7/h3-6,11-12,14H,7H2,1-2H3;3-7,12,14H,8-9H2,1-2H3;4,6,9,13H,3,5H2,1-2H3,(H,11,12);11H,3-7H2,1-2H3;7,9,11H,5-6H2,1-4H3;8,10H,4-6H2,1-3H3;9H,5H2,1-4H3;7,9H,4-5H2,1-3H3;6,8H,4H2,1-3H3;8H,3-5H2,1-2H3. The van der Waals surface area contributed by atoms with Crippen molar-refractivity contribution in [1.29, 1.82) is 0 Å². The van der Waals surface area contributed by atoms with Crippen molar-refractivity contribution < 1.29 is 0 Å². The lowest BCUT2D eigenvalue weighted by molar-refractivity contribution is 0.432. The largest absolute Gasteiger partial charge is 0.380 e. The van der Waals surface area contributed by atoms with Gasteiger partial charge in [0.05, 0.1) is 68.7 Å². The van der Waals surface area contributed by atoms with Gasteiger partial charge < -0.3 is 58.2 Å². The smallest absolute Gasteiger partial charge is 0.0921 e. The van der Waals surface area contributed by atoms with Gasteiger partial charge in [-0.15, -0.1) is 118 Å². The Morgan fingerprint density at radius 1 is 0.470 bits per heavy atom. The maximum absolute atomic E-state index is 4.02. The fourth-order valence-electron chi connectivity index (χ4n) is 14.0. The Balaban J connectivity index is 0.000000203. The number of allylic oxidation sites excluding steroid dienone is 10. The SMILES string of the molecule is CC(C)=C1NC(C)(C)CS1.CC(C)=C1NC(C)CS1.CC(C)=C1NC(CC(C)C)CS1.CC(C)=C1NC(Cc2cnc[nH]2)CS1.CC(C)=C1NC(c2ccccc2)CCS1.CC(C)=C1NC2(CCCC2)CS1.CC(C)=C1NC2c3ccccc3CC2S1.CC(C)=C1NCCCS1.CCC1CSC(=C(C)C)N1.CCCC1CSC(=C(C)C)N1. The van der Waals surface area contributed by atoms with E-state index in [-0.39, 0.29) is 0 Å². The van der Waals surface area contributed by atoms with Gasteiger partial charge in [-0.1, -0.05) is 102 Å². The van der Waals surface area contributed by atoms with Gasteiger partial charge in [-0.25, -0.2) is 4.98 Å². The fourth-order valence-corrected chi connectivity index (χ4v) is 25.7. The average molecular weight is 1790 g/mol. The summed E-state index contributed by atoms with van der Waals surface area (Å²) < 4.78 is 0. The van der Waals surface area contributed by atoms with E-state index in [9.17, 15) is 0 Å². The monoisotopic (exact) mass is 1780 g/mol. The van der Waals surface area contributed by atoms with Crippen LogP contribution in [0.4, 0.5) is 0 Å². The fraction of sp³-hybridized carbons (Fsp3) is 0.632. The minimum absolute atomic E-state index is 0.303. The van der Waals surface area contributed by atoms with Crippen molar-refractivity contribution in [3.05, 3.63) is 196 Å². The Morgan fingerprint density at radius 3 is 1.41 bits per heavy atom. The molecule has 0 amide bonds. The maximum Gasteiger partial charge on any atom is 0.0921 e. The Morgan fingerprint density at radius 2 is 0.957 bits per heavy atom. The van der Waals surface area contributed by atoms with Crippen LogP contribution in [-0.4, -0.2) is 115 Å². The molecule has 8 atom stereocenters. The average Bonchev–Trinajstić information content (AvgIpc) is 1.62. The summed E-state index contributed by atoms with van der Waals surface area (Å²) in [4.78, 5) is 7.15. The maximum atomic E-state index is 4.02. The predicted octanol–water partition coefficient (Wildman–Crippen LogP) is 26.1. The summed E-state index contributed by atoms with van der Waals surface area (Å²) in [6, 6.07) is 23.9. The van der Waals surface area contributed by atoms with Crippen LogP contribution in [0.5, 0.6) is 0 Å². The molecule has 8 unspecified atom stereocenters. The van der Waals surface area contributed by atoms with Crippen molar-refractivity contribution in [2.24, 2.45) is 5.92 Å². The highest BCUT2D eigenvalue weighted by atomic mass is 32.2. The molecular formula is C95H156N12S10. The number of aromatic nitrogens is 2. The van der Waals surface area contributed by atoms with Gasteiger partial charge in [0.1, 0.15) is 0 Å². The number of nitrogens with one attached hydrogen (secondary N) is 11. The van der Waals surface area contributed by atoms with Gasteiger partial charge in [0.25, 0.3) is 0 Å². The molecule has 2 aromatic carbocycles. The molecule has 0 radical (unpaired) electrons. The zero-order valence-corrected chi connectivity index (χ0v) is 85.3. The Bertz CT molecular complexity index is 3800. The van der Waals surface area contributed by atoms with Crippen molar-refractivity contribution in [2.75, 3.05) is 58.3 Å². The number of hydrogen-bond donors (Lipinski definition) is 11. The van der Waals surface area contributed by atoms with Gasteiger partial charge in [0.2, 0.25) is 0 Å². The summed E-state index contributed by atoms with van der Waals surface area (Å²) in [5, 5.41) is 49.9. The van der Waals surface area contributed by atoms with Crippen LogP contribution >= 0.6 is 118 Å². The van der Waals surface area contributed by atoms with E-state index in [4.69, 9.17) is 0 Å². The van der Waals surface area contributed by atoms with Gasteiger partial charge in [-0.3, -0.25) is 0 Å². The van der Waals surface area contributed by atoms with Crippen molar-refractivity contribution in [2.45, 2.75) is 323 Å². The second-order valence-electron chi connectivity index (χ2n) is 35.6. The highest BCUT2D eigenvalue weighted by Gasteiger charge is 2.40. The summed E-state index contributed by atoms with van der Waals surface area (Å²) >= 11 is 19.6. The zero-order valence-electron chi connectivity index (χ0n) is 77.1. The van der Waals surface area contributed by atoms with Crippen LogP contribution in [0.15, 0.2) is 173 Å². The molecule has 10 aliphatic heterocycles. The predicted molar refractivity (Wildman–Crippen MR) is 542 cm³/mol. The molecule has 1 saturated carbocycles. The van der Waals surface area contributed by atoms with E-state index >= 15 is 0 Å². The first-order valence-corrected chi connectivity index (χ1v) is 53.2. The summed E-state index contributed by atoms with van der Waals surface area (Å²) in [5.41, 5.74) is 20.6. The molecule has 11 fully saturated rings. The Hall–Kier alpha value is -3.45. The Kier molecular flexibility index (Phi) is 46.4. The van der Waals surface area contributed by atoms with E-state index in [0.29, 0.717) is 46.5 Å². The van der Waals surface area contributed by atoms with Crippen LogP contribution in [0.1, 0.15) is 286 Å². The number of imidazole rings is 1. The van der Waals surface area contributed by atoms with Crippen molar-refractivity contribution in [3.8, 4) is 0 Å². The number of fused-ring (bicyclic) bond motifs is 3. The van der Waals surface area contributed by atoms with E-state index in [1.54, 1.807) is 6.33 Å². The quantitative estimate of drug-likeness (QED) is 0.104. The number of aromatic amines is 1. The third-order valence-corrected chi connectivity index (χ3v) is 34.8. The lowest BCUT2D eigenvalue weighted by Crippen LogP contribution is -2.38. The van der Waals surface area contributed by atoms with E-state index in [1.807, 2.05) is 124 Å². The summed E-state index contributed by atoms with van der Waals surface area (Å²) in [6.07, 6.45) is 19.1. The molecule has 22 heteroatoms. The first kappa shape index (κ1) is 102. The molecule has 1 spiro atoms. The number of thioether (sulfide) groups is 10. The van der Waals surface area contributed by atoms with Crippen LogP contribution in [-0.2, 0) is 12.8 Å². The third kappa shape index (κ3) is 36.7. The number of nitrogens with zero attached hydrogens (tertiary/aromatic N) is 1. The Labute approximate surface area is 756 Å². The summed E-state index contributed by atoms with van der Waals surface area (Å²) in [6.45, 7) is 60.2. The lowest BCUT2D eigenvalue weighted by atomic mass is 10.0. The van der Waals surface area contributed by atoms with Gasteiger partial charge in [0.15, 0.2) is 0 Å². The first-order chi connectivity index (χ1) is 55.6. The molecule has 3 aromatic rings. The molecule has 11 heterocycles. The molecule has 15 rings (SSSR count). The molecule has 0 bridgehead atoms. The molecular weight excluding hydrogens is 1630 g/mol. The molecule has 1 aromatic heterocycles. The number of rotatable bonds is 8. The van der Waals surface area contributed by atoms with E-state index < -0.39 is 0 Å². The minimum atomic E-state index is 0.303. The summed E-state index contributed by atoms with van der Waals surface area (Å²) in [5.74, 6) is 11.9. The molecule has 2 aliphatic carbocycles. The number of benzene rings is 2. The molecule has 12 aliphatic rings. The molecule has 12 nitrogen and oxygen atoms in total. The number of H-pyrrole nitrogens is 1. The first-order valence-electron chi connectivity index (χ1n) is 43.4. The summed E-state index contributed by atoms with van der Waals surface area (Å²) in [7, 11) is 0. The second-order valence-corrected chi connectivity index (χ2v) is 46.2. The lowest BCUT2D eigenvalue weighted by Gasteiger charge is -2.27. The van der Waals surface area contributed by atoms with E-state index in [0.717, 1.165) is 36.7 Å². The normalized spacial score (nSPS) is 23.5. The van der Waals surface area contributed by atoms with Gasteiger partial charge in [-0.05, 0) is 289 Å². The highest BCUT2D eigenvalue weighted by molar-refractivity contribution is 8.05. The third-order valence-electron chi connectivity index (χ3n) is 20.6. The van der Waals surface area contributed by atoms with Crippen molar-refractivity contribution in [1.82, 2.24) is 63.1 Å². The van der Waals surface area contributed by atoms with Gasteiger partial charge in [0, 0.05) is 123 Å². The van der Waals surface area contributed by atoms with E-state index in [1.165, 1.54) is 245 Å². The molecule has 656 valence electrons. The van der Waals surface area contributed by atoms with Gasteiger partial charge in [-0.2, -0.15) is 0 Å². The highest BCUT2D eigenvalue weighted by Crippen LogP contribution is 2.48. The van der Waals surface area contributed by atoms with Crippen LogP contribution in [0, 0.1) is 5.92 Å². The molecule has 117 heavy (non-hydrogen) atoms. The van der Waals surface area contributed by atoms with E-state index in [2.05, 4.69) is 305 Å². The zero-order chi connectivity index (χ0) is 85.9. The van der Waals surface area contributed by atoms with Crippen LogP contribution in [0.3, 0.4) is 0 Å². The van der Waals surface area contributed by atoms with Crippen molar-refractivity contribution >= 4 is 118 Å². The van der Waals surface area contributed by atoms with Gasteiger partial charge >= 0.3 is 0 Å².